The SMILES string of the molecule is CC(C)CCCCCc1ccc(O)cc1.Oc1ccc(C2CCCCC2)cc1. The number of hydrogen-bond donors (Lipinski definition) is 2. The molecule has 0 unspecified atom stereocenters. The summed E-state index contributed by atoms with van der Waals surface area (Å²) in [6.45, 7) is 4.56. The molecule has 2 aromatic rings. The molecule has 2 aromatic carbocycles. The van der Waals surface area contributed by atoms with Gasteiger partial charge in [0.1, 0.15) is 11.5 Å². The molecule has 3 rings (SSSR count). The van der Waals surface area contributed by atoms with Gasteiger partial charge in [-0.1, -0.05) is 76.6 Å². The van der Waals surface area contributed by atoms with E-state index in [1.807, 2.05) is 12.1 Å². The predicted octanol–water partition coefficient (Wildman–Crippen LogP) is 7.59. The van der Waals surface area contributed by atoms with Gasteiger partial charge < -0.3 is 10.2 Å². The number of aromatic hydroxyl groups is 2. The van der Waals surface area contributed by atoms with E-state index in [0.717, 1.165) is 18.3 Å². The van der Waals surface area contributed by atoms with Crippen molar-refractivity contribution in [1.82, 2.24) is 0 Å². The molecule has 0 amide bonds. The third-order valence-electron chi connectivity index (χ3n) is 5.65. The quantitative estimate of drug-likeness (QED) is 0.484. The first-order valence-electron chi connectivity index (χ1n) is 11.1. The molecule has 1 saturated carbocycles. The van der Waals surface area contributed by atoms with Gasteiger partial charge in [0.2, 0.25) is 0 Å². The highest BCUT2D eigenvalue weighted by Crippen LogP contribution is 2.32. The second-order valence-electron chi connectivity index (χ2n) is 8.59. The monoisotopic (exact) mass is 382 g/mol. The molecular weight excluding hydrogens is 344 g/mol. The van der Waals surface area contributed by atoms with Gasteiger partial charge in [0.05, 0.1) is 0 Å². The summed E-state index contributed by atoms with van der Waals surface area (Å²) in [5, 5.41) is 18.3. The Morgan fingerprint density at radius 2 is 1.32 bits per heavy atom. The molecule has 28 heavy (non-hydrogen) atoms. The van der Waals surface area contributed by atoms with Gasteiger partial charge in [-0.05, 0) is 72.9 Å². The molecule has 0 saturated heterocycles. The highest BCUT2D eigenvalue weighted by atomic mass is 16.3. The van der Waals surface area contributed by atoms with E-state index >= 15 is 0 Å². The van der Waals surface area contributed by atoms with Gasteiger partial charge in [0.25, 0.3) is 0 Å². The highest BCUT2D eigenvalue weighted by molar-refractivity contribution is 5.28. The summed E-state index contributed by atoms with van der Waals surface area (Å²) < 4.78 is 0. The zero-order valence-electron chi connectivity index (χ0n) is 17.7. The van der Waals surface area contributed by atoms with Gasteiger partial charge in [0, 0.05) is 0 Å². The van der Waals surface area contributed by atoms with Crippen molar-refractivity contribution in [3.05, 3.63) is 59.7 Å². The molecule has 1 aliphatic rings. The molecule has 0 aromatic heterocycles. The van der Waals surface area contributed by atoms with E-state index in [2.05, 4.69) is 26.0 Å². The topological polar surface area (TPSA) is 40.5 Å². The summed E-state index contributed by atoms with van der Waals surface area (Å²) in [7, 11) is 0. The third-order valence-corrected chi connectivity index (χ3v) is 5.65. The average molecular weight is 383 g/mol. The van der Waals surface area contributed by atoms with E-state index in [1.165, 1.54) is 68.9 Å². The molecule has 2 nitrogen and oxygen atoms in total. The Hall–Kier alpha value is -1.96. The van der Waals surface area contributed by atoms with Crippen LogP contribution in [0.1, 0.15) is 88.7 Å². The molecule has 2 N–H and O–H groups in total. The Labute approximate surface area is 171 Å². The molecule has 1 aliphatic carbocycles. The Morgan fingerprint density at radius 1 is 0.750 bits per heavy atom. The molecule has 0 atom stereocenters. The minimum atomic E-state index is 0.360. The Morgan fingerprint density at radius 3 is 1.89 bits per heavy atom. The normalized spacial score (nSPS) is 14.5. The van der Waals surface area contributed by atoms with E-state index in [4.69, 9.17) is 10.2 Å². The number of phenolic OH excluding ortho intramolecular Hbond substituents is 2. The molecule has 0 radical (unpaired) electrons. The summed E-state index contributed by atoms with van der Waals surface area (Å²) in [4.78, 5) is 0. The molecule has 0 bridgehead atoms. The minimum absolute atomic E-state index is 0.360. The maximum absolute atomic E-state index is 9.16. The molecule has 1 fully saturated rings. The lowest BCUT2D eigenvalue weighted by Crippen LogP contribution is -2.03. The van der Waals surface area contributed by atoms with Crippen molar-refractivity contribution < 1.29 is 10.2 Å². The lowest BCUT2D eigenvalue weighted by molar-refractivity contribution is 0.442. The predicted molar refractivity (Wildman–Crippen MR) is 119 cm³/mol. The lowest BCUT2D eigenvalue weighted by Gasteiger charge is -2.21. The van der Waals surface area contributed by atoms with Gasteiger partial charge in [-0.3, -0.25) is 0 Å². The Kier molecular flexibility index (Phi) is 9.96. The minimum Gasteiger partial charge on any atom is -0.508 e. The summed E-state index contributed by atoms with van der Waals surface area (Å²) in [6, 6.07) is 15.3. The van der Waals surface area contributed by atoms with Crippen LogP contribution in [0.25, 0.3) is 0 Å². The summed E-state index contributed by atoms with van der Waals surface area (Å²) in [5.41, 5.74) is 2.73. The van der Waals surface area contributed by atoms with E-state index in [0.29, 0.717) is 11.5 Å². The van der Waals surface area contributed by atoms with Crippen LogP contribution in [0.5, 0.6) is 11.5 Å². The van der Waals surface area contributed by atoms with Crippen molar-refractivity contribution in [3.8, 4) is 11.5 Å². The molecule has 0 aliphatic heterocycles. The molecule has 2 heteroatoms. The molecule has 0 heterocycles. The summed E-state index contributed by atoms with van der Waals surface area (Å²) >= 11 is 0. The van der Waals surface area contributed by atoms with Gasteiger partial charge in [0.15, 0.2) is 0 Å². The van der Waals surface area contributed by atoms with Crippen LogP contribution in [-0.2, 0) is 6.42 Å². The lowest BCUT2D eigenvalue weighted by atomic mass is 9.84. The average Bonchev–Trinajstić information content (AvgIpc) is 2.71. The van der Waals surface area contributed by atoms with Crippen LogP contribution in [0.3, 0.4) is 0 Å². The van der Waals surface area contributed by atoms with Crippen LogP contribution in [0.4, 0.5) is 0 Å². The van der Waals surface area contributed by atoms with Crippen molar-refractivity contribution >= 4 is 0 Å². The third kappa shape index (κ3) is 8.82. The summed E-state index contributed by atoms with van der Waals surface area (Å²) in [6.07, 6.45) is 13.2. The first-order chi connectivity index (χ1) is 13.5. The van der Waals surface area contributed by atoms with Crippen LogP contribution < -0.4 is 0 Å². The number of phenols is 2. The Balaban J connectivity index is 0.000000202. The van der Waals surface area contributed by atoms with Gasteiger partial charge in [-0.2, -0.15) is 0 Å². The van der Waals surface area contributed by atoms with Crippen molar-refractivity contribution in [2.24, 2.45) is 5.92 Å². The maximum Gasteiger partial charge on any atom is 0.115 e. The van der Waals surface area contributed by atoms with E-state index in [1.54, 1.807) is 24.3 Å². The number of rotatable bonds is 7. The van der Waals surface area contributed by atoms with Crippen LogP contribution in [0.15, 0.2) is 48.5 Å². The largest absolute Gasteiger partial charge is 0.508 e. The van der Waals surface area contributed by atoms with E-state index in [9.17, 15) is 0 Å². The fourth-order valence-corrected chi connectivity index (χ4v) is 3.90. The van der Waals surface area contributed by atoms with Crippen LogP contribution in [0, 0.1) is 5.92 Å². The van der Waals surface area contributed by atoms with Gasteiger partial charge in [-0.25, -0.2) is 0 Å². The fraction of sp³-hybridized carbons (Fsp3) is 0.538. The van der Waals surface area contributed by atoms with Crippen LogP contribution in [-0.4, -0.2) is 10.2 Å². The van der Waals surface area contributed by atoms with Crippen molar-refractivity contribution in [1.29, 1.82) is 0 Å². The van der Waals surface area contributed by atoms with Gasteiger partial charge in [-0.15, -0.1) is 0 Å². The van der Waals surface area contributed by atoms with Crippen molar-refractivity contribution in [3.63, 3.8) is 0 Å². The van der Waals surface area contributed by atoms with E-state index < -0.39 is 0 Å². The zero-order valence-corrected chi connectivity index (χ0v) is 17.7. The Bertz CT molecular complexity index is 637. The maximum atomic E-state index is 9.16. The fourth-order valence-electron chi connectivity index (χ4n) is 3.90. The van der Waals surface area contributed by atoms with Crippen molar-refractivity contribution in [2.45, 2.75) is 84.0 Å². The van der Waals surface area contributed by atoms with Crippen LogP contribution in [0.2, 0.25) is 0 Å². The first kappa shape index (κ1) is 22.3. The zero-order chi connectivity index (χ0) is 20.2. The standard InChI is InChI=1S/C14H22O.C12H16O/c1-12(2)6-4-3-5-7-13-8-10-14(15)11-9-13;13-12-8-6-11(7-9-12)10-4-2-1-3-5-10/h8-12,15H,3-7H2,1-2H3;6-10,13H,1-5H2. The first-order valence-corrected chi connectivity index (χ1v) is 11.1. The molecule has 0 spiro atoms. The van der Waals surface area contributed by atoms with Gasteiger partial charge >= 0.3 is 0 Å². The number of hydrogen-bond acceptors (Lipinski definition) is 2. The van der Waals surface area contributed by atoms with Crippen molar-refractivity contribution in [2.75, 3.05) is 0 Å². The van der Waals surface area contributed by atoms with Crippen LogP contribution >= 0.6 is 0 Å². The van der Waals surface area contributed by atoms with E-state index in [-0.39, 0.29) is 0 Å². The smallest absolute Gasteiger partial charge is 0.115 e. The number of benzene rings is 2. The second-order valence-corrected chi connectivity index (χ2v) is 8.59. The second kappa shape index (κ2) is 12.5. The molecular formula is C26H38O2. The highest BCUT2D eigenvalue weighted by Gasteiger charge is 2.14. The number of unbranched alkanes of at least 4 members (excludes halogenated alkanes) is 2. The summed E-state index contributed by atoms with van der Waals surface area (Å²) in [5.74, 6) is 2.31. The molecule has 154 valence electrons. The number of aryl methyl sites for hydroxylation is 1.